The van der Waals surface area contributed by atoms with Crippen molar-refractivity contribution in [1.29, 1.82) is 0 Å². The van der Waals surface area contributed by atoms with Crippen LogP contribution in [0.15, 0.2) is 0 Å². The zero-order valence-electron chi connectivity index (χ0n) is 17.6. The first-order valence-corrected chi connectivity index (χ1v) is 11.2. The summed E-state index contributed by atoms with van der Waals surface area (Å²) in [6, 6.07) is 0. The molecule has 0 aliphatic carbocycles. The van der Waals surface area contributed by atoms with Gasteiger partial charge in [0.2, 0.25) is 0 Å². The Hall–Kier alpha value is -0.160. The van der Waals surface area contributed by atoms with Crippen LogP contribution in [-0.4, -0.2) is 48.8 Å². The standard InChI is InChI=1S/C22H46O4/c1-3-5-7-9-11-13-15-21(23)19-25-17-18-26-20-22(24)16-14-12-10-8-6-4-2/h21-24H,3-20H2,1-2H3. The van der Waals surface area contributed by atoms with Crippen molar-refractivity contribution in [3.8, 4) is 0 Å². The molecule has 0 bridgehead atoms. The van der Waals surface area contributed by atoms with Gasteiger partial charge in [0.1, 0.15) is 0 Å². The van der Waals surface area contributed by atoms with Crippen LogP contribution < -0.4 is 0 Å². The Labute approximate surface area is 162 Å². The van der Waals surface area contributed by atoms with Crippen LogP contribution in [0.5, 0.6) is 0 Å². The van der Waals surface area contributed by atoms with E-state index in [1.165, 1.54) is 64.2 Å². The van der Waals surface area contributed by atoms with Gasteiger partial charge in [0.15, 0.2) is 0 Å². The summed E-state index contributed by atoms with van der Waals surface area (Å²) in [4.78, 5) is 0. The van der Waals surface area contributed by atoms with E-state index in [9.17, 15) is 10.2 Å². The van der Waals surface area contributed by atoms with Crippen molar-refractivity contribution in [2.45, 2.75) is 116 Å². The fraction of sp³-hybridized carbons (Fsp3) is 1.00. The van der Waals surface area contributed by atoms with E-state index in [1.54, 1.807) is 0 Å². The highest BCUT2D eigenvalue weighted by atomic mass is 16.5. The minimum absolute atomic E-state index is 0.362. The van der Waals surface area contributed by atoms with Gasteiger partial charge < -0.3 is 19.7 Å². The normalized spacial score (nSPS) is 13.8. The van der Waals surface area contributed by atoms with Gasteiger partial charge in [-0.3, -0.25) is 0 Å². The number of hydrogen-bond donors (Lipinski definition) is 2. The van der Waals surface area contributed by atoms with E-state index in [0.717, 1.165) is 25.7 Å². The van der Waals surface area contributed by atoms with Crippen LogP contribution in [-0.2, 0) is 9.47 Å². The molecule has 0 aliphatic heterocycles. The summed E-state index contributed by atoms with van der Waals surface area (Å²) in [7, 11) is 0. The number of hydrogen-bond acceptors (Lipinski definition) is 4. The second-order valence-electron chi connectivity index (χ2n) is 7.57. The largest absolute Gasteiger partial charge is 0.391 e. The molecule has 0 aromatic heterocycles. The molecule has 0 aromatic carbocycles. The van der Waals surface area contributed by atoms with Gasteiger partial charge in [-0.1, -0.05) is 90.9 Å². The van der Waals surface area contributed by atoms with Crippen LogP contribution in [0.25, 0.3) is 0 Å². The predicted molar refractivity (Wildman–Crippen MR) is 110 cm³/mol. The van der Waals surface area contributed by atoms with Crippen LogP contribution in [0.4, 0.5) is 0 Å². The van der Waals surface area contributed by atoms with Gasteiger partial charge in [0.05, 0.1) is 38.6 Å². The molecule has 2 unspecified atom stereocenters. The third-order valence-electron chi connectivity index (χ3n) is 4.77. The Morgan fingerprint density at radius 2 is 0.885 bits per heavy atom. The monoisotopic (exact) mass is 374 g/mol. The highest BCUT2D eigenvalue weighted by molar-refractivity contribution is 4.56. The van der Waals surface area contributed by atoms with Gasteiger partial charge in [-0.05, 0) is 12.8 Å². The molecule has 158 valence electrons. The Kier molecular flexibility index (Phi) is 21.0. The number of aliphatic hydroxyl groups excluding tert-OH is 2. The van der Waals surface area contributed by atoms with Crippen molar-refractivity contribution in [3.05, 3.63) is 0 Å². The van der Waals surface area contributed by atoms with E-state index in [0.29, 0.717) is 26.4 Å². The number of unbranched alkanes of at least 4 members (excludes halogenated alkanes) is 10. The lowest BCUT2D eigenvalue weighted by Crippen LogP contribution is -2.20. The molecule has 4 heteroatoms. The van der Waals surface area contributed by atoms with Crippen molar-refractivity contribution < 1.29 is 19.7 Å². The van der Waals surface area contributed by atoms with Gasteiger partial charge >= 0.3 is 0 Å². The molecule has 0 saturated heterocycles. The van der Waals surface area contributed by atoms with Gasteiger partial charge in [0, 0.05) is 0 Å². The number of aliphatic hydroxyl groups is 2. The van der Waals surface area contributed by atoms with Crippen molar-refractivity contribution >= 4 is 0 Å². The highest BCUT2D eigenvalue weighted by Gasteiger charge is 2.06. The Morgan fingerprint density at radius 1 is 0.538 bits per heavy atom. The zero-order chi connectivity index (χ0) is 19.3. The molecule has 26 heavy (non-hydrogen) atoms. The average molecular weight is 375 g/mol. The molecule has 0 fully saturated rings. The fourth-order valence-corrected chi connectivity index (χ4v) is 3.04. The van der Waals surface area contributed by atoms with E-state index in [2.05, 4.69) is 13.8 Å². The maximum Gasteiger partial charge on any atom is 0.0773 e. The smallest absolute Gasteiger partial charge is 0.0773 e. The Morgan fingerprint density at radius 3 is 1.27 bits per heavy atom. The first kappa shape index (κ1) is 25.8. The second-order valence-corrected chi connectivity index (χ2v) is 7.57. The molecular weight excluding hydrogens is 328 g/mol. The molecule has 0 radical (unpaired) electrons. The van der Waals surface area contributed by atoms with Gasteiger partial charge in [0.25, 0.3) is 0 Å². The number of ether oxygens (including phenoxy) is 2. The lowest BCUT2D eigenvalue weighted by Gasteiger charge is -2.13. The van der Waals surface area contributed by atoms with Crippen LogP contribution in [0.3, 0.4) is 0 Å². The summed E-state index contributed by atoms with van der Waals surface area (Å²) >= 11 is 0. The van der Waals surface area contributed by atoms with Gasteiger partial charge in [-0.25, -0.2) is 0 Å². The van der Waals surface area contributed by atoms with Crippen LogP contribution in [0, 0.1) is 0 Å². The lowest BCUT2D eigenvalue weighted by atomic mass is 10.1. The summed E-state index contributed by atoms with van der Waals surface area (Å²) in [6.07, 6.45) is 15.8. The Bertz CT molecular complexity index is 235. The molecule has 4 nitrogen and oxygen atoms in total. The van der Waals surface area contributed by atoms with E-state index in [1.807, 2.05) is 0 Å². The third kappa shape index (κ3) is 20.2. The molecule has 0 aromatic rings. The van der Waals surface area contributed by atoms with Crippen LogP contribution in [0.1, 0.15) is 104 Å². The summed E-state index contributed by atoms with van der Waals surface area (Å²) in [6.45, 7) is 6.19. The van der Waals surface area contributed by atoms with Crippen molar-refractivity contribution in [1.82, 2.24) is 0 Å². The van der Waals surface area contributed by atoms with Crippen LogP contribution >= 0.6 is 0 Å². The number of rotatable bonds is 21. The van der Waals surface area contributed by atoms with Crippen molar-refractivity contribution in [3.63, 3.8) is 0 Å². The van der Waals surface area contributed by atoms with Crippen LogP contribution in [0.2, 0.25) is 0 Å². The SMILES string of the molecule is CCCCCCCCC(O)COCCOCC(O)CCCCCCCC. The maximum atomic E-state index is 9.87. The summed E-state index contributed by atoms with van der Waals surface area (Å²) in [5.74, 6) is 0. The quantitative estimate of drug-likeness (QED) is 0.270. The zero-order valence-corrected chi connectivity index (χ0v) is 17.6. The molecule has 2 atom stereocenters. The topological polar surface area (TPSA) is 58.9 Å². The fourth-order valence-electron chi connectivity index (χ4n) is 3.04. The van der Waals surface area contributed by atoms with E-state index in [-0.39, 0.29) is 12.2 Å². The van der Waals surface area contributed by atoms with E-state index < -0.39 is 0 Å². The lowest BCUT2D eigenvalue weighted by molar-refractivity contribution is -0.0202. The first-order chi connectivity index (χ1) is 12.7. The Balaban J connectivity index is 3.25. The summed E-state index contributed by atoms with van der Waals surface area (Å²) in [5, 5.41) is 19.7. The maximum absolute atomic E-state index is 9.87. The minimum Gasteiger partial charge on any atom is -0.391 e. The predicted octanol–water partition coefficient (Wildman–Crippen LogP) is 5.24. The van der Waals surface area contributed by atoms with E-state index in [4.69, 9.17) is 9.47 Å². The first-order valence-electron chi connectivity index (χ1n) is 11.2. The molecule has 0 amide bonds. The van der Waals surface area contributed by atoms with Crippen molar-refractivity contribution in [2.24, 2.45) is 0 Å². The molecule has 0 saturated carbocycles. The second kappa shape index (κ2) is 21.1. The minimum atomic E-state index is -0.362. The highest BCUT2D eigenvalue weighted by Crippen LogP contribution is 2.10. The van der Waals surface area contributed by atoms with Gasteiger partial charge in [-0.2, -0.15) is 0 Å². The molecule has 0 aliphatic rings. The van der Waals surface area contributed by atoms with E-state index >= 15 is 0 Å². The molecule has 2 N–H and O–H groups in total. The molecule has 0 spiro atoms. The van der Waals surface area contributed by atoms with Gasteiger partial charge in [-0.15, -0.1) is 0 Å². The van der Waals surface area contributed by atoms with Crippen molar-refractivity contribution in [2.75, 3.05) is 26.4 Å². The summed E-state index contributed by atoms with van der Waals surface area (Å²) in [5.41, 5.74) is 0. The molecule has 0 rings (SSSR count). The molecule has 0 heterocycles. The molecular formula is C22H46O4. The summed E-state index contributed by atoms with van der Waals surface area (Å²) < 4.78 is 10.9. The average Bonchev–Trinajstić information content (AvgIpc) is 2.63. The third-order valence-corrected chi connectivity index (χ3v) is 4.77.